The summed E-state index contributed by atoms with van der Waals surface area (Å²) >= 11 is 0. The minimum atomic E-state index is -3.99. The average molecular weight is 439 g/mol. The molecule has 3 rings (SSSR count). The van der Waals surface area contributed by atoms with Crippen molar-refractivity contribution >= 4 is 27.3 Å². The maximum Gasteiger partial charge on any atom is 0.264 e. The highest BCUT2D eigenvalue weighted by Gasteiger charge is 2.28. The van der Waals surface area contributed by atoms with Crippen LogP contribution in [0.15, 0.2) is 71.6 Å². The Morgan fingerprint density at radius 1 is 0.903 bits per heavy atom. The molecule has 0 fully saturated rings. The number of rotatable bonds is 7. The Morgan fingerprint density at radius 2 is 1.55 bits per heavy atom. The van der Waals surface area contributed by atoms with Crippen molar-refractivity contribution in [2.24, 2.45) is 0 Å². The summed E-state index contributed by atoms with van der Waals surface area (Å²) in [5, 5.41) is 2.87. The summed E-state index contributed by atoms with van der Waals surface area (Å²) in [6, 6.07) is 19.0. The van der Waals surface area contributed by atoms with E-state index in [9.17, 15) is 13.2 Å². The van der Waals surface area contributed by atoms with Gasteiger partial charge in [-0.25, -0.2) is 8.42 Å². The molecule has 0 heterocycles. The number of aryl methyl sites for hydroxylation is 3. The second-order valence-electron chi connectivity index (χ2n) is 7.29. The van der Waals surface area contributed by atoms with E-state index in [-0.39, 0.29) is 11.4 Å². The maximum absolute atomic E-state index is 13.5. The van der Waals surface area contributed by atoms with E-state index in [4.69, 9.17) is 4.74 Å². The lowest BCUT2D eigenvalue weighted by molar-refractivity contribution is -0.114. The van der Waals surface area contributed by atoms with Gasteiger partial charge in [-0.1, -0.05) is 36.4 Å². The molecule has 0 unspecified atom stereocenters. The van der Waals surface area contributed by atoms with Gasteiger partial charge in [0.15, 0.2) is 0 Å². The molecule has 3 aromatic rings. The molecule has 0 aromatic heterocycles. The van der Waals surface area contributed by atoms with Gasteiger partial charge in [0.25, 0.3) is 10.0 Å². The summed E-state index contributed by atoms with van der Waals surface area (Å²) in [6.07, 6.45) is 0. The van der Waals surface area contributed by atoms with Crippen LogP contribution in [0.1, 0.15) is 16.7 Å². The second-order valence-corrected chi connectivity index (χ2v) is 9.16. The van der Waals surface area contributed by atoms with Crippen LogP contribution in [0.3, 0.4) is 0 Å². The minimum absolute atomic E-state index is 0.0922. The van der Waals surface area contributed by atoms with Crippen molar-refractivity contribution in [3.63, 3.8) is 0 Å². The van der Waals surface area contributed by atoms with Crippen molar-refractivity contribution < 1.29 is 17.9 Å². The molecule has 6 nitrogen and oxygen atoms in total. The van der Waals surface area contributed by atoms with Crippen LogP contribution >= 0.6 is 0 Å². The Morgan fingerprint density at radius 3 is 2.13 bits per heavy atom. The van der Waals surface area contributed by atoms with Crippen LogP contribution in [-0.2, 0) is 14.8 Å². The number of benzene rings is 3. The Hall–Kier alpha value is -3.32. The first-order valence-electron chi connectivity index (χ1n) is 9.82. The van der Waals surface area contributed by atoms with Crippen molar-refractivity contribution in [1.29, 1.82) is 0 Å². The molecule has 162 valence electrons. The summed E-state index contributed by atoms with van der Waals surface area (Å²) in [5.41, 5.74) is 3.61. The van der Waals surface area contributed by atoms with Gasteiger partial charge in [-0.2, -0.15) is 0 Å². The molecule has 1 amide bonds. The van der Waals surface area contributed by atoms with Crippen LogP contribution in [0.2, 0.25) is 0 Å². The van der Waals surface area contributed by atoms with Gasteiger partial charge >= 0.3 is 0 Å². The van der Waals surface area contributed by atoms with Gasteiger partial charge in [0.2, 0.25) is 5.91 Å². The summed E-state index contributed by atoms with van der Waals surface area (Å²) in [5.74, 6) is 0.174. The van der Waals surface area contributed by atoms with Gasteiger partial charge in [-0.3, -0.25) is 9.10 Å². The predicted octanol–water partition coefficient (Wildman–Crippen LogP) is 4.45. The molecule has 0 aliphatic heterocycles. The molecular formula is C24H26N2O4S. The smallest absolute Gasteiger partial charge is 0.264 e. The summed E-state index contributed by atoms with van der Waals surface area (Å²) in [4.78, 5) is 13.0. The van der Waals surface area contributed by atoms with E-state index in [0.717, 1.165) is 15.4 Å². The van der Waals surface area contributed by atoms with Gasteiger partial charge < -0.3 is 10.1 Å². The molecule has 3 aromatic carbocycles. The maximum atomic E-state index is 13.5. The van der Waals surface area contributed by atoms with Gasteiger partial charge in [0, 0.05) is 5.69 Å². The summed E-state index contributed by atoms with van der Waals surface area (Å²) in [7, 11) is -2.46. The third-order valence-electron chi connectivity index (χ3n) is 5.03. The van der Waals surface area contributed by atoms with Gasteiger partial charge in [0.05, 0.1) is 17.7 Å². The number of nitrogens with one attached hydrogen (secondary N) is 1. The highest BCUT2D eigenvalue weighted by molar-refractivity contribution is 7.92. The van der Waals surface area contributed by atoms with Crippen LogP contribution in [0, 0.1) is 20.8 Å². The van der Waals surface area contributed by atoms with Crippen LogP contribution in [-0.4, -0.2) is 28.0 Å². The molecule has 0 aliphatic carbocycles. The van der Waals surface area contributed by atoms with Gasteiger partial charge in [-0.05, 0) is 67.8 Å². The molecule has 0 saturated heterocycles. The standard InChI is InChI=1S/C24H26N2O4S/c1-17-9-8-10-18(2)24(17)25-23(27)16-26(20-11-6-5-7-12-20)31(28,29)21-13-14-22(30-4)19(3)15-21/h5-15H,16H2,1-4H3,(H,25,27). The Bertz CT molecular complexity index is 1170. The summed E-state index contributed by atoms with van der Waals surface area (Å²) in [6.45, 7) is 5.21. The van der Waals surface area contributed by atoms with Crippen molar-refractivity contribution in [3.8, 4) is 5.75 Å². The minimum Gasteiger partial charge on any atom is -0.496 e. The highest BCUT2D eigenvalue weighted by Crippen LogP contribution is 2.27. The van der Waals surface area contributed by atoms with Crippen molar-refractivity contribution in [1.82, 2.24) is 0 Å². The van der Waals surface area contributed by atoms with Crippen molar-refractivity contribution in [3.05, 3.63) is 83.4 Å². The molecular weight excluding hydrogens is 412 g/mol. The zero-order chi connectivity index (χ0) is 22.6. The monoisotopic (exact) mass is 438 g/mol. The lowest BCUT2D eigenvalue weighted by Gasteiger charge is -2.25. The van der Waals surface area contributed by atoms with Crippen molar-refractivity contribution in [2.75, 3.05) is 23.3 Å². The first kappa shape index (κ1) is 22.4. The normalized spacial score (nSPS) is 11.1. The van der Waals surface area contributed by atoms with E-state index in [2.05, 4.69) is 5.32 Å². The molecule has 0 saturated carbocycles. The fraction of sp³-hybridized carbons (Fsp3) is 0.208. The lowest BCUT2D eigenvalue weighted by atomic mass is 10.1. The van der Waals surface area contributed by atoms with E-state index >= 15 is 0 Å². The van der Waals surface area contributed by atoms with E-state index in [1.54, 1.807) is 49.4 Å². The zero-order valence-corrected chi connectivity index (χ0v) is 18.9. The number of amides is 1. The van der Waals surface area contributed by atoms with Crippen LogP contribution in [0.4, 0.5) is 11.4 Å². The highest BCUT2D eigenvalue weighted by atomic mass is 32.2. The predicted molar refractivity (Wildman–Crippen MR) is 123 cm³/mol. The number of para-hydroxylation sites is 2. The molecule has 1 N–H and O–H groups in total. The molecule has 7 heteroatoms. The molecule has 0 atom stereocenters. The number of carbonyl (C=O) groups excluding carboxylic acids is 1. The molecule has 0 aliphatic rings. The molecule has 0 spiro atoms. The van der Waals surface area contributed by atoms with E-state index in [0.29, 0.717) is 22.7 Å². The SMILES string of the molecule is COc1ccc(S(=O)(=O)N(CC(=O)Nc2c(C)cccc2C)c2ccccc2)cc1C. The number of carbonyl (C=O) groups is 1. The molecule has 0 radical (unpaired) electrons. The fourth-order valence-corrected chi connectivity index (χ4v) is 4.88. The van der Waals surface area contributed by atoms with Crippen LogP contribution in [0.25, 0.3) is 0 Å². The molecule has 0 bridgehead atoms. The number of methoxy groups -OCH3 is 1. The fourth-order valence-electron chi connectivity index (χ4n) is 3.37. The quantitative estimate of drug-likeness (QED) is 0.591. The van der Waals surface area contributed by atoms with Gasteiger partial charge in [0.1, 0.15) is 12.3 Å². The Labute approximate surface area is 183 Å². The first-order valence-corrected chi connectivity index (χ1v) is 11.3. The Balaban J connectivity index is 1.97. The van der Waals surface area contributed by atoms with E-state index in [1.165, 1.54) is 13.2 Å². The van der Waals surface area contributed by atoms with Gasteiger partial charge in [-0.15, -0.1) is 0 Å². The number of sulfonamides is 1. The number of hydrogen-bond donors (Lipinski definition) is 1. The topological polar surface area (TPSA) is 75.7 Å². The first-order chi connectivity index (χ1) is 14.7. The number of ether oxygens (including phenoxy) is 1. The number of hydrogen-bond acceptors (Lipinski definition) is 4. The third-order valence-corrected chi connectivity index (χ3v) is 6.80. The Kier molecular flexibility index (Phi) is 6.65. The van der Waals surface area contributed by atoms with E-state index < -0.39 is 15.9 Å². The van der Waals surface area contributed by atoms with Crippen LogP contribution in [0.5, 0.6) is 5.75 Å². The largest absolute Gasteiger partial charge is 0.496 e. The third kappa shape index (κ3) is 4.88. The molecule has 31 heavy (non-hydrogen) atoms. The lowest BCUT2D eigenvalue weighted by Crippen LogP contribution is -2.38. The average Bonchev–Trinajstić information content (AvgIpc) is 2.75. The summed E-state index contributed by atoms with van der Waals surface area (Å²) < 4.78 is 33.4. The number of nitrogens with zero attached hydrogens (tertiary/aromatic N) is 1. The van der Waals surface area contributed by atoms with E-state index in [1.807, 2.05) is 32.0 Å². The second kappa shape index (κ2) is 9.22. The number of anilines is 2. The van der Waals surface area contributed by atoms with Crippen molar-refractivity contribution in [2.45, 2.75) is 25.7 Å². The zero-order valence-electron chi connectivity index (χ0n) is 18.0. The van der Waals surface area contributed by atoms with Crippen LogP contribution < -0.4 is 14.4 Å².